The Balaban J connectivity index is 2.82. The number of rotatable bonds is 5. The van der Waals surface area contributed by atoms with Gasteiger partial charge in [-0.2, -0.15) is 0 Å². The van der Waals surface area contributed by atoms with Crippen LogP contribution in [-0.4, -0.2) is 42.0 Å². The van der Waals surface area contributed by atoms with E-state index < -0.39 is 6.29 Å². The van der Waals surface area contributed by atoms with E-state index in [0.29, 0.717) is 10.6 Å². The fraction of sp³-hybridized carbons (Fsp3) is 0.750. The molecule has 0 radical (unpaired) electrons. The van der Waals surface area contributed by atoms with Crippen LogP contribution in [0.3, 0.4) is 0 Å². The predicted octanol–water partition coefficient (Wildman–Crippen LogP) is 1.57. The Morgan fingerprint density at radius 1 is 1.32 bits per heavy atom. The molecule has 7 heteroatoms. The molecule has 108 valence electrons. The first-order chi connectivity index (χ1) is 8.81. The summed E-state index contributed by atoms with van der Waals surface area (Å²) in [5.74, 6) is -0.202. The highest BCUT2D eigenvalue weighted by molar-refractivity contribution is 7.08. The summed E-state index contributed by atoms with van der Waals surface area (Å²) in [6.07, 6.45) is -0.483. The minimum atomic E-state index is -0.483. The van der Waals surface area contributed by atoms with Gasteiger partial charge in [0.25, 0.3) is 5.91 Å². The lowest BCUT2D eigenvalue weighted by molar-refractivity contribution is -0.117. The second-order valence-electron chi connectivity index (χ2n) is 5.30. The van der Waals surface area contributed by atoms with E-state index in [1.165, 1.54) is 14.2 Å². The summed E-state index contributed by atoms with van der Waals surface area (Å²) in [5.41, 5.74) is 0.485. The highest BCUT2D eigenvalue weighted by Gasteiger charge is 2.28. The molecule has 0 saturated carbocycles. The number of amides is 1. The van der Waals surface area contributed by atoms with Crippen LogP contribution in [0.1, 0.15) is 43.1 Å². The van der Waals surface area contributed by atoms with Gasteiger partial charge < -0.3 is 14.8 Å². The number of carbonyl (C=O) groups is 1. The molecule has 1 aromatic heterocycles. The van der Waals surface area contributed by atoms with E-state index in [4.69, 9.17) is 9.47 Å². The van der Waals surface area contributed by atoms with Crippen molar-refractivity contribution in [3.05, 3.63) is 10.6 Å². The number of nitrogens with one attached hydrogen (secondary N) is 1. The van der Waals surface area contributed by atoms with Gasteiger partial charge in [-0.3, -0.25) is 4.79 Å². The molecule has 1 atom stereocenters. The molecule has 1 unspecified atom stereocenters. The molecule has 6 nitrogen and oxygen atoms in total. The van der Waals surface area contributed by atoms with Crippen molar-refractivity contribution in [3.63, 3.8) is 0 Å². The summed E-state index contributed by atoms with van der Waals surface area (Å²) in [4.78, 5) is 12.8. The van der Waals surface area contributed by atoms with Gasteiger partial charge in [-0.05, 0) is 18.5 Å². The fourth-order valence-corrected chi connectivity index (χ4v) is 2.45. The van der Waals surface area contributed by atoms with Crippen molar-refractivity contribution in [2.75, 3.05) is 14.2 Å². The Bertz CT molecular complexity index is 424. The van der Waals surface area contributed by atoms with Crippen LogP contribution < -0.4 is 5.32 Å². The van der Waals surface area contributed by atoms with E-state index in [9.17, 15) is 4.79 Å². The van der Waals surface area contributed by atoms with Gasteiger partial charge in [-0.25, -0.2) is 0 Å². The lowest BCUT2D eigenvalue weighted by atomic mass is 9.91. The molecule has 1 amide bonds. The molecule has 0 spiro atoms. The van der Waals surface area contributed by atoms with E-state index >= 15 is 0 Å². The molecule has 0 aliphatic heterocycles. The second kappa shape index (κ2) is 6.40. The lowest BCUT2D eigenvalue weighted by Gasteiger charge is -2.22. The summed E-state index contributed by atoms with van der Waals surface area (Å²) < 4.78 is 14.1. The summed E-state index contributed by atoms with van der Waals surface area (Å²) in [7, 11) is 3.07. The lowest BCUT2D eigenvalue weighted by Crippen LogP contribution is -2.43. The summed E-state index contributed by atoms with van der Waals surface area (Å²) in [6, 6.07) is -0.266. The number of nitrogens with zero attached hydrogens (tertiary/aromatic N) is 2. The molecule has 0 aromatic carbocycles. The first-order valence-corrected chi connectivity index (χ1v) is 6.78. The Labute approximate surface area is 117 Å². The van der Waals surface area contributed by atoms with Crippen molar-refractivity contribution in [2.45, 2.75) is 45.4 Å². The van der Waals surface area contributed by atoms with E-state index in [2.05, 4.69) is 14.9 Å². The number of hydrogen-bond acceptors (Lipinski definition) is 6. The number of aromatic nitrogens is 2. The second-order valence-corrected chi connectivity index (χ2v) is 6.06. The van der Waals surface area contributed by atoms with Crippen LogP contribution >= 0.6 is 11.5 Å². The number of carbonyl (C=O) groups excluding carboxylic acids is 1. The normalized spacial score (nSPS) is 13.6. The molecule has 19 heavy (non-hydrogen) atoms. The van der Waals surface area contributed by atoms with Crippen LogP contribution in [0.2, 0.25) is 0 Å². The minimum absolute atomic E-state index is 0.202. The molecule has 0 bridgehead atoms. The van der Waals surface area contributed by atoms with Crippen LogP contribution in [0, 0.1) is 0 Å². The van der Waals surface area contributed by atoms with Gasteiger partial charge in [0.1, 0.15) is 4.88 Å². The van der Waals surface area contributed by atoms with Gasteiger partial charge in [0, 0.05) is 19.6 Å². The van der Waals surface area contributed by atoms with Crippen LogP contribution in [0.4, 0.5) is 0 Å². The third-order valence-electron chi connectivity index (χ3n) is 2.64. The zero-order valence-corrected chi connectivity index (χ0v) is 13.0. The van der Waals surface area contributed by atoms with Gasteiger partial charge >= 0.3 is 0 Å². The van der Waals surface area contributed by atoms with E-state index in [-0.39, 0.29) is 17.4 Å². The monoisotopic (exact) mass is 287 g/mol. The zero-order chi connectivity index (χ0) is 14.6. The number of ether oxygens (including phenoxy) is 2. The molecule has 1 aromatic rings. The third-order valence-corrected chi connectivity index (χ3v) is 3.36. The van der Waals surface area contributed by atoms with Gasteiger partial charge in [0.2, 0.25) is 0 Å². The highest BCUT2D eigenvalue weighted by atomic mass is 32.1. The predicted molar refractivity (Wildman–Crippen MR) is 73.3 cm³/mol. The molecule has 0 aliphatic carbocycles. The Morgan fingerprint density at radius 3 is 2.37 bits per heavy atom. The molecular formula is C12H21N3O3S. The average Bonchev–Trinajstić information content (AvgIpc) is 2.79. The maximum atomic E-state index is 12.2. The average molecular weight is 287 g/mol. The molecule has 0 fully saturated rings. The van der Waals surface area contributed by atoms with Crippen molar-refractivity contribution < 1.29 is 14.3 Å². The van der Waals surface area contributed by atoms with Crippen LogP contribution in [0.5, 0.6) is 0 Å². The Morgan fingerprint density at radius 2 is 1.89 bits per heavy atom. The molecule has 0 saturated heterocycles. The molecule has 1 rings (SSSR count). The first kappa shape index (κ1) is 16.0. The van der Waals surface area contributed by atoms with Crippen LogP contribution in [0.15, 0.2) is 0 Å². The largest absolute Gasteiger partial charge is 0.354 e. The summed E-state index contributed by atoms with van der Waals surface area (Å²) in [6.45, 7) is 7.81. The smallest absolute Gasteiger partial charge is 0.265 e. The Hall–Kier alpha value is -1.05. The standard InChI is InChI=1S/C12H21N3O3S/c1-7(11(17-5)18-6)13-10(16)8-9(12(2,3)4)14-15-19-8/h7,11H,1-6H3,(H,13,16). The quantitative estimate of drug-likeness (QED) is 0.832. The van der Waals surface area contributed by atoms with Crippen molar-refractivity contribution in [1.29, 1.82) is 0 Å². The highest BCUT2D eigenvalue weighted by Crippen LogP contribution is 2.25. The van der Waals surface area contributed by atoms with E-state index in [1.54, 1.807) is 0 Å². The van der Waals surface area contributed by atoms with Crippen molar-refractivity contribution >= 4 is 17.4 Å². The molecule has 0 aliphatic rings. The Kier molecular flexibility index (Phi) is 5.39. The van der Waals surface area contributed by atoms with E-state index in [1.807, 2.05) is 27.7 Å². The fourth-order valence-electron chi connectivity index (χ4n) is 1.68. The molecule has 1 heterocycles. The zero-order valence-electron chi connectivity index (χ0n) is 12.2. The summed E-state index contributed by atoms with van der Waals surface area (Å²) in [5, 5.41) is 6.88. The van der Waals surface area contributed by atoms with E-state index in [0.717, 1.165) is 11.5 Å². The van der Waals surface area contributed by atoms with Crippen LogP contribution in [0.25, 0.3) is 0 Å². The van der Waals surface area contributed by atoms with Gasteiger partial charge in [-0.15, -0.1) is 5.10 Å². The SMILES string of the molecule is COC(OC)C(C)NC(=O)c1snnc1C(C)(C)C. The molecular weight excluding hydrogens is 266 g/mol. The van der Waals surface area contributed by atoms with Gasteiger partial charge in [0.15, 0.2) is 6.29 Å². The molecule has 1 N–H and O–H groups in total. The van der Waals surface area contributed by atoms with Gasteiger partial charge in [-0.1, -0.05) is 25.3 Å². The van der Waals surface area contributed by atoms with Gasteiger partial charge in [0.05, 0.1) is 11.7 Å². The number of hydrogen-bond donors (Lipinski definition) is 1. The third kappa shape index (κ3) is 3.95. The maximum absolute atomic E-state index is 12.2. The van der Waals surface area contributed by atoms with Crippen molar-refractivity contribution in [3.8, 4) is 0 Å². The van der Waals surface area contributed by atoms with Crippen molar-refractivity contribution in [2.24, 2.45) is 0 Å². The number of methoxy groups -OCH3 is 2. The summed E-state index contributed by atoms with van der Waals surface area (Å²) >= 11 is 1.10. The van der Waals surface area contributed by atoms with Crippen molar-refractivity contribution in [1.82, 2.24) is 14.9 Å². The van der Waals surface area contributed by atoms with Crippen LogP contribution in [-0.2, 0) is 14.9 Å². The topological polar surface area (TPSA) is 73.3 Å². The maximum Gasteiger partial charge on any atom is 0.265 e. The minimum Gasteiger partial charge on any atom is -0.354 e. The first-order valence-electron chi connectivity index (χ1n) is 6.00.